The average Bonchev–Trinajstić information content (AvgIpc) is 2.97. The number of aromatic nitrogens is 3. The van der Waals surface area contributed by atoms with Gasteiger partial charge in [-0.15, -0.1) is 5.10 Å². The van der Waals surface area contributed by atoms with E-state index in [1.165, 1.54) is 4.68 Å². The summed E-state index contributed by atoms with van der Waals surface area (Å²) in [6.07, 6.45) is 1.55. The van der Waals surface area contributed by atoms with E-state index in [0.717, 1.165) is 0 Å². The maximum atomic E-state index is 12.1. The normalized spacial score (nSPS) is 10.2. The van der Waals surface area contributed by atoms with Gasteiger partial charge in [0, 0.05) is 7.05 Å². The highest BCUT2D eigenvalue weighted by molar-refractivity contribution is 6.03. The van der Waals surface area contributed by atoms with Gasteiger partial charge in [0.05, 0.1) is 11.9 Å². The van der Waals surface area contributed by atoms with E-state index in [0.29, 0.717) is 17.2 Å². The Morgan fingerprint density at radius 1 is 1.09 bits per heavy atom. The van der Waals surface area contributed by atoms with Gasteiger partial charge in [0.15, 0.2) is 11.4 Å². The van der Waals surface area contributed by atoms with E-state index in [-0.39, 0.29) is 11.6 Å². The summed E-state index contributed by atoms with van der Waals surface area (Å²) in [4.78, 5) is 12.1. The molecule has 22 heavy (non-hydrogen) atoms. The molecule has 6 heteroatoms. The highest BCUT2D eigenvalue weighted by Crippen LogP contribution is 2.29. The van der Waals surface area contributed by atoms with Crippen molar-refractivity contribution in [1.29, 1.82) is 0 Å². The number of anilines is 1. The summed E-state index contributed by atoms with van der Waals surface area (Å²) in [5.74, 6) is 0.923. The van der Waals surface area contributed by atoms with Gasteiger partial charge in [0.1, 0.15) is 5.75 Å². The van der Waals surface area contributed by atoms with Crippen molar-refractivity contribution < 1.29 is 9.53 Å². The van der Waals surface area contributed by atoms with Crippen LogP contribution in [0.25, 0.3) is 0 Å². The molecule has 3 rings (SSSR count). The number of ether oxygens (including phenoxy) is 1. The molecule has 110 valence electrons. The molecule has 0 aliphatic heterocycles. The van der Waals surface area contributed by atoms with Crippen LogP contribution >= 0.6 is 0 Å². The maximum Gasteiger partial charge on any atom is 0.277 e. The van der Waals surface area contributed by atoms with E-state index in [1.54, 1.807) is 25.4 Å². The predicted octanol–water partition coefficient (Wildman–Crippen LogP) is 2.86. The van der Waals surface area contributed by atoms with Gasteiger partial charge in [0.2, 0.25) is 0 Å². The number of benzene rings is 2. The number of para-hydroxylation sites is 3. The molecule has 0 radical (unpaired) electrons. The lowest BCUT2D eigenvalue weighted by Crippen LogP contribution is -2.13. The number of hydrogen-bond acceptors (Lipinski definition) is 4. The first-order valence-corrected chi connectivity index (χ1v) is 6.72. The molecule has 0 bridgehead atoms. The molecule has 0 aliphatic carbocycles. The second-order valence-corrected chi connectivity index (χ2v) is 4.64. The molecule has 0 fully saturated rings. The molecule has 1 N–H and O–H groups in total. The molecular weight excluding hydrogens is 280 g/mol. The summed E-state index contributed by atoms with van der Waals surface area (Å²) < 4.78 is 7.27. The summed E-state index contributed by atoms with van der Waals surface area (Å²) in [6, 6.07) is 16.6. The molecule has 0 saturated heterocycles. The Hall–Kier alpha value is -3.15. The molecule has 0 unspecified atom stereocenters. The number of nitrogens with zero attached hydrogens (tertiary/aromatic N) is 3. The second-order valence-electron chi connectivity index (χ2n) is 4.64. The van der Waals surface area contributed by atoms with E-state index < -0.39 is 0 Å². The van der Waals surface area contributed by atoms with Crippen molar-refractivity contribution in [2.45, 2.75) is 0 Å². The lowest BCUT2D eigenvalue weighted by atomic mass is 10.2. The number of rotatable bonds is 4. The Morgan fingerprint density at radius 2 is 1.82 bits per heavy atom. The fourth-order valence-corrected chi connectivity index (χ4v) is 1.91. The lowest BCUT2D eigenvalue weighted by molar-refractivity contribution is 0.102. The minimum absolute atomic E-state index is 0.247. The number of hydrogen-bond donors (Lipinski definition) is 1. The van der Waals surface area contributed by atoms with Crippen molar-refractivity contribution >= 4 is 11.6 Å². The Labute approximate surface area is 127 Å². The van der Waals surface area contributed by atoms with Gasteiger partial charge in [-0.3, -0.25) is 9.48 Å². The van der Waals surface area contributed by atoms with Crippen molar-refractivity contribution in [2.24, 2.45) is 7.05 Å². The van der Waals surface area contributed by atoms with Crippen LogP contribution in [-0.2, 0) is 7.05 Å². The van der Waals surface area contributed by atoms with Crippen LogP contribution in [-0.4, -0.2) is 20.9 Å². The molecule has 0 saturated carbocycles. The fraction of sp³-hybridized carbons (Fsp3) is 0.0625. The van der Waals surface area contributed by atoms with Crippen LogP contribution in [0.5, 0.6) is 11.5 Å². The van der Waals surface area contributed by atoms with Crippen LogP contribution in [0.4, 0.5) is 5.69 Å². The molecule has 1 aromatic heterocycles. The quantitative estimate of drug-likeness (QED) is 0.803. The highest BCUT2D eigenvalue weighted by Gasteiger charge is 2.13. The SMILES string of the molecule is Cn1cc(C(=O)Nc2ccccc2Oc2ccccc2)nn1. The molecule has 6 nitrogen and oxygen atoms in total. The molecule has 0 spiro atoms. The monoisotopic (exact) mass is 294 g/mol. The first-order valence-electron chi connectivity index (χ1n) is 6.72. The predicted molar refractivity (Wildman–Crippen MR) is 81.9 cm³/mol. The molecule has 1 amide bonds. The van der Waals surface area contributed by atoms with Crippen LogP contribution in [0.3, 0.4) is 0 Å². The van der Waals surface area contributed by atoms with Gasteiger partial charge in [-0.1, -0.05) is 35.5 Å². The average molecular weight is 294 g/mol. The Balaban J connectivity index is 1.81. The van der Waals surface area contributed by atoms with Crippen molar-refractivity contribution in [3.05, 3.63) is 66.5 Å². The van der Waals surface area contributed by atoms with Crippen molar-refractivity contribution in [2.75, 3.05) is 5.32 Å². The zero-order valence-corrected chi connectivity index (χ0v) is 11.9. The number of amides is 1. The van der Waals surface area contributed by atoms with Crippen LogP contribution in [0, 0.1) is 0 Å². The highest BCUT2D eigenvalue weighted by atomic mass is 16.5. The first-order chi connectivity index (χ1) is 10.7. The summed E-state index contributed by atoms with van der Waals surface area (Å²) in [5, 5.41) is 10.3. The number of carbonyl (C=O) groups excluding carboxylic acids is 1. The van der Waals surface area contributed by atoms with Gasteiger partial charge in [0.25, 0.3) is 5.91 Å². The Bertz CT molecular complexity index is 784. The van der Waals surface area contributed by atoms with E-state index in [4.69, 9.17) is 4.74 Å². The molecule has 2 aromatic carbocycles. The largest absolute Gasteiger partial charge is 0.455 e. The van der Waals surface area contributed by atoms with Crippen LogP contribution in [0.15, 0.2) is 60.8 Å². The maximum absolute atomic E-state index is 12.1. The van der Waals surface area contributed by atoms with Crippen LogP contribution in [0.1, 0.15) is 10.5 Å². The molecular formula is C16H14N4O2. The van der Waals surface area contributed by atoms with Crippen LogP contribution in [0.2, 0.25) is 0 Å². The summed E-state index contributed by atoms with van der Waals surface area (Å²) in [5.41, 5.74) is 0.819. The van der Waals surface area contributed by atoms with Gasteiger partial charge in [-0.2, -0.15) is 0 Å². The molecule has 0 aliphatic rings. The summed E-state index contributed by atoms with van der Waals surface area (Å²) in [6.45, 7) is 0. The topological polar surface area (TPSA) is 69.0 Å². The first kappa shape index (κ1) is 13.8. The summed E-state index contributed by atoms with van der Waals surface area (Å²) >= 11 is 0. The van der Waals surface area contributed by atoms with Crippen molar-refractivity contribution in [3.63, 3.8) is 0 Å². The Kier molecular flexibility index (Phi) is 3.82. The zero-order chi connectivity index (χ0) is 15.4. The summed E-state index contributed by atoms with van der Waals surface area (Å²) in [7, 11) is 1.70. The third kappa shape index (κ3) is 3.12. The zero-order valence-electron chi connectivity index (χ0n) is 11.9. The molecule has 0 atom stereocenters. The van der Waals surface area contributed by atoms with E-state index >= 15 is 0 Å². The van der Waals surface area contributed by atoms with E-state index in [1.807, 2.05) is 42.5 Å². The van der Waals surface area contributed by atoms with Gasteiger partial charge in [-0.05, 0) is 24.3 Å². The minimum atomic E-state index is -0.336. The smallest absolute Gasteiger partial charge is 0.277 e. The molecule has 1 heterocycles. The standard InChI is InChI=1S/C16H14N4O2/c1-20-11-14(18-19-20)16(21)17-13-9-5-6-10-15(13)22-12-7-3-2-4-8-12/h2-11H,1H3,(H,17,21). The number of nitrogens with one attached hydrogen (secondary N) is 1. The Morgan fingerprint density at radius 3 is 2.55 bits per heavy atom. The number of aryl methyl sites for hydroxylation is 1. The third-order valence-electron chi connectivity index (χ3n) is 2.94. The fourth-order valence-electron chi connectivity index (χ4n) is 1.91. The second kappa shape index (κ2) is 6.09. The lowest BCUT2D eigenvalue weighted by Gasteiger charge is -2.11. The third-order valence-corrected chi connectivity index (χ3v) is 2.94. The van der Waals surface area contributed by atoms with Gasteiger partial charge in [-0.25, -0.2) is 0 Å². The van der Waals surface area contributed by atoms with Gasteiger partial charge >= 0.3 is 0 Å². The van der Waals surface area contributed by atoms with E-state index in [2.05, 4.69) is 15.6 Å². The van der Waals surface area contributed by atoms with Crippen LogP contribution < -0.4 is 10.1 Å². The minimum Gasteiger partial charge on any atom is -0.455 e. The van der Waals surface area contributed by atoms with Gasteiger partial charge < -0.3 is 10.1 Å². The number of carbonyl (C=O) groups is 1. The van der Waals surface area contributed by atoms with Crippen molar-refractivity contribution in [1.82, 2.24) is 15.0 Å². The van der Waals surface area contributed by atoms with Crippen molar-refractivity contribution in [3.8, 4) is 11.5 Å². The molecule has 3 aromatic rings. The van der Waals surface area contributed by atoms with E-state index in [9.17, 15) is 4.79 Å².